The molecule has 0 atom stereocenters. The van der Waals surface area contributed by atoms with Gasteiger partial charge in [0.1, 0.15) is 0 Å². The van der Waals surface area contributed by atoms with Gasteiger partial charge in [0.05, 0.1) is 9.40 Å². The Bertz CT molecular complexity index is 577. The van der Waals surface area contributed by atoms with Gasteiger partial charge in [-0.1, -0.05) is 13.8 Å². The highest BCUT2D eigenvalue weighted by Gasteiger charge is 2.27. The lowest BCUT2D eigenvalue weighted by Gasteiger charge is -2.22. The van der Waals surface area contributed by atoms with Gasteiger partial charge >= 0.3 is 0 Å². The van der Waals surface area contributed by atoms with Crippen LogP contribution >= 0.6 is 27.7 Å². The predicted molar refractivity (Wildman–Crippen MR) is 87.9 cm³/mol. The zero-order chi connectivity index (χ0) is 15.6. The third kappa shape index (κ3) is 3.97. The lowest BCUT2D eigenvalue weighted by Crippen LogP contribution is -2.33. The summed E-state index contributed by atoms with van der Waals surface area (Å²) in [5, 5.41) is 11.0. The molecule has 1 aromatic rings. The second-order valence-electron chi connectivity index (χ2n) is 5.57. The van der Waals surface area contributed by atoms with E-state index < -0.39 is 4.92 Å². The maximum absolute atomic E-state index is 12.5. The monoisotopic (exact) mass is 372 g/mol. The second-order valence-corrected chi connectivity index (χ2v) is 8.23. The van der Waals surface area contributed by atoms with Gasteiger partial charge in [0.15, 0.2) is 0 Å². The lowest BCUT2D eigenvalue weighted by atomic mass is 10.1. The first-order valence-corrected chi connectivity index (χ1v) is 8.45. The number of hydrogen-bond acceptors (Lipinski definition) is 4. The number of carbonyl (C=O) groups is 1. The predicted octanol–water partition coefficient (Wildman–Crippen LogP) is 3.72. The number of hydrogen-bond donors (Lipinski definition) is 0. The van der Waals surface area contributed by atoms with E-state index in [0.29, 0.717) is 23.1 Å². The summed E-state index contributed by atoms with van der Waals surface area (Å²) < 4.78 is 0.553. The molecule has 1 amide bonds. The fraction of sp³-hybridized carbons (Fsp3) is 0.500. The van der Waals surface area contributed by atoms with Crippen molar-refractivity contribution in [3.05, 3.63) is 38.3 Å². The van der Waals surface area contributed by atoms with Crippen LogP contribution < -0.4 is 0 Å². The number of amides is 1. The van der Waals surface area contributed by atoms with E-state index in [1.54, 1.807) is 17.0 Å². The molecule has 1 saturated heterocycles. The number of nitro benzene ring substituents is 1. The van der Waals surface area contributed by atoms with E-state index in [4.69, 9.17) is 0 Å². The van der Waals surface area contributed by atoms with Gasteiger partial charge in [-0.25, -0.2) is 0 Å². The largest absolute Gasteiger partial charge is 0.338 e. The number of carbonyl (C=O) groups excluding carboxylic acids is 1. The molecule has 5 nitrogen and oxygen atoms in total. The normalized spacial score (nSPS) is 18.1. The van der Waals surface area contributed by atoms with Crippen LogP contribution in [0.3, 0.4) is 0 Å². The standard InChI is InChI=1S/C14H17BrN2O3S/c1-14(2)5-6-16(7-8-21-14)13(18)10-3-4-11(15)12(9-10)17(19)20/h3-4,9H,5-8H2,1-2H3. The Morgan fingerprint density at radius 1 is 1.43 bits per heavy atom. The van der Waals surface area contributed by atoms with Crippen LogP contribution in [-0.4, -0.2) is 39.3 Å². The second kappa shape index (κ2) is 6.36. The Morgan fingerprint density at radius 3 is 2.81 bits per heavy atom. The molecule has 0 radical (unpaired) electrons. The van der Waals surface area contributed by atoms with Gasteiger partial charge < -0.3 is 4.90 Å². The van der Waals surface area contributed by atoms with Crippen LogP contribution in [0.4, 0.5) is 5.69 Å². The van der Waals surface area contributed by atoms with E-state index in [1.165, 1.54) is 6.07 Å². The highest BCUT2D eigenvalue weighted by Crippen LogP contribution is 2.31. The zero-order valence-electron chi connectivity index (χ0n) is 12.0. The lowest BCUT2D eigenvalue weighted by molar-refractivity contribution is -0.385. The number of thioether (sulfide) groups is 1. The highest BCUT2D eigenvalue weighted by molar-refractivity contribution is 9.10. The average molecular weight is 373 g/mol. The van der Waals surface area contributed by atoms with Crippen molar-refractivity contribution < 1.29 is 9.72 Å². The molecule has 0 N–H and O–H groups in total. The van der Waals surface area contributed by atoms with Gasteiger partial charge in [-0.05, 0) is 34.5 Å². The average Bonchev–Trinajstić information content (AvgIpc) is 2.59. The molecule has 0 bridgehead atoms. The minimum atomic E-state index is -0.484. The van der Waals surface area contributed by atoms with Crippen LogP contribution in [0, 0.1) is 10.1 Å². The smallest absolute Gasteiger partial charge is 0.284 e. The van der Waals surface area contributed by atoms with E-state index >= 15 is 0 Å². The molecule has 21 heavy (non-hydrogen) atoms. The maximum atomic E-state index is 12.5. The molecule has 0 aliphatic carbocycles. The van der Waals surface area contributed by atoms with Crippen molar-refractivity contribution in [1.29, 1.82) is 0 Å². The van der Waals surface area contributed by atoms with E-state index in [2.05, 4.69) is 29.8 Å². The summed E-state index contributed by atoms with van der Waals surface area (Å²) in [6.45, 7) is 5.71. The quantitative estimate of drug-likeness (QED) is 0.586. The minimum Gasteiger partial charge on any atom is -0.338 e. The van der Waals surface area contributed by atoms with Crippen molar-refractivity contribution in [1.82, 2.24) is 4.90 Å². The summed E-state index contributed by atoms with van der Waals surface area (Å²) in [7, 11) is 0. The summed E-state index contributed by atoms with van der Waals surface area (Å²) in [6.07, 6.45) is 0.919. The van der Waals surface area contributed by atoms with E-state index in [0.717, 1.165) is 12.2 Å². The third-order valence-corrected chi connectivity index (χ3v) is 5.56. The summed E-state index contributed by atoms with van der Waals surface area (Å²) >= 11 is 4.99. The maximum Gasteiger partial charge on any atom is 0.284 e. The molecular formula is C14H17BrN2O3S. The molecule has 2 rings (SSSR count). The molecule has 1 aliphatic heterocycles. The van der Waals surface area contributed by atoms with Gasteiger partial charge in [-0.15, -0.1) is 0 Å². The first-order chi connectivity index (χ1) is 9.80. The van der Waals surface area contributed by atoms with Crippen LogP contribution in [-0.2, 0) is 0 Å². The molecule has 1 aliphatic rings. The van der Waals surface area contributed by atoms with Crippen LogP contribution in [0.25, 0.3) is 0 Å². The van der Waals surface area contributed by atoms with Crippen molar-refractivity contribution in [3.8, 4) is 0 Å². The molecular weight excluding hydrogens is 356 g/mol. The van der Waals surface area contributed by atoms with Crippen molar-refractivity contribution >= 4 is 39.3 Å². The van der Waals surface area contributed by atoms with Crippen LogP contribution in [0.5, 0.6) is 0 Å². The molecule has 1 heterocycles. The van der Waals surface area contributed by atoms with Crippen LogP contribution in [0.2, 0.25) is 0 Å². The molecule has 1 fully saturated rings. The molecule has 114 valence electrons. The highest BCUT2D eigenvalue weighted by atomic mass is 79.9. The van der Waals surface area contributed by atoms with Gasteiger partial charge in [-0.2, -0.15) is 11.8 Å². The first kappa shape index (κ1) is 16.3. The minimum absolute atomic E-state index is 0.0784. The first-order valence-electron chi connectivity index (χ1n) is 6.67. The summed E-state index contributed by atoms with van der Waals surface area (Å²) in [5.41, 5.74) is 0.292. The van der Waals surface area contributed by atoms with Crippen molar-refractivity contribution in [3.63, 3.8) is 0 Å². The Morgan fingerprint density at radius 2 is 2.14 bits per heavy atom. The SMILES string of the molecule is CC1(C)CCN(C(=O)c2ccc(Br)c([N+](=O)[O-])c2)CCS1. The van der Waals surface area contributed by atoms with Crippen LogP contribution in [0.1, 0.15) is 30.6 Å². The van der Waals surface area contributed by atoms with E-state index in [1.807, 2.05) is 11.8 Å². The Kier molecular flexibility index (Phi) is 4.93. The summed E-state index contributed by atoms with van der Waals surface area (Å²) in [6, 6.07) is 4.53. The number of benzene rings is 1. The van der Waals surface area contributed by atoms with Crippen molar-refractivity contribution in [2.24, 2.45) is 0 Å². The Balaban J connectivity index is 2.20. The third-order valence-electron chi connectivity index (χ3n) is 3.51. The summed E-state index contributed by atoms with van der Waals surface area (Å²) in [4.78, 5) is 24.8. The summed E-state index contributed by atoms with van der Waals surface area (Å²) in [5.74, 6) is 0.751. The molecule has 0 unspecified atom stereocenters. The van der Waals surface area contributed by atoms with Crippen LogP contribution in [0.15, 0.2) is 22.7 Å². The number of nitro groups is 1. The fourth-order valence-electron chi connectivity index (χ4n) is 2.19. The molecule has 0 aromatic heterocycles. The van der Waals surface area contributed by atoms with Gasteiger partial charge in [0, 0.05) is 35.2 Å². The van der Waals surface area contributed by atoms with Crippen molar-refractivity contribution in [2.75, 3.05) is 18.8 Å². The number of rotatable bonds is 2. The van der Waals surface area contributed by atoms with E-state index in [9.17, 15) is 14.9 Å². The molecule has 7 heteroatoms. The molecule has 0 saturated carbocycles. The topological polar surface area (TPSA) is 63.5 Å². The Labute approximate surface area is 136 Å². The molecule has 0 spiro atoms. The van der Waals surface area contributed by atoms with Gasteiger partial charge in [0.25, 0.3) is 11.6 Å². The van der Waals surface area contributed by atoms with E-state index in [-0.39, 0.29) is 16.3 Å². The number of halogens is 1. The molecule has 1 aromatic carbocycles. The van der Waals surface area contributed by atoms with Gasteiger partial charge in [-0.3, -0.25) is 14.9 Å². The van der Waals surface area contributed by atoms with Gasteiger partial charge in [0.2, 0.25) is 0 Å². The Hall–Kier alpha value is -1.08. The number of nitrogens with zero attached hydrogens (tertiary/aromatic N) is 2. The zero-order valence-corrected chi connectivity index (χ0v) is 14.4. The van der Waals surface area contributed by atoms with Crippen molar-refractivity contribution in [2.45, 2.75) is 25.0 Å². The fourth-order valence-corrected chi connectivity index (χ4v) is 3.68.